The van der Waals surface area contributed by atoms with E-state index in [1.165, 1.54) is 0 Å². The molecular formula is C30H32N4O4. The van der Waals surface area contributed by atoms with E-state index in [9.17, 15) is 19.2 Å². The molecule has 3 N–H and O–H groups in total. The summed E-state index contributed by atoms with van der Waals surface area (Å²) in [6.07, 6.45) is 0.197. The first kappa shape index (κ1) is 26.6. The second-order valence-electron chi connectivity index (χ2n) is 9.78. The van der Waals surface area contributed by atoms with E-state index >= 15 is 0 Å². The first-order valence-electron chi connectivity index (χ1n) is 12.7. The molecule has 4 rings (SSSR count). The van der Waals surface area contributed by atoms with Crippen molar-refractivity contribution in [1.82, 2.24) is 10.2 Å². The van der Waals surface area contributed by atoms with E-state index in [0.717, 1.165) is 11.1 Å². The van der Waals surface area contributed by atoms with Crippen LogP contribution in [0.3, 0.4) is 0 Å². The normalized spacial score (nSPS) is 14.9. The zero-order valence-corrected chi connectivity index (χ0v) is 21.8. The summed E-state index contributed by atoms with van der Waals surface area (Å²) in [5.41, 5.74) is 3.80. The molecule has 8 heteroatoms. The molecule has 0 aromatic heterocycles. The van der Waals surface area contributed by atoms with Gasteiger partial charge in [0.2, 0.25) is 11.8 Å². The highest BCUT2D eigenvalue weighted by Crippen LogP contribution is 2.22. The van der Waals surface area contributed by atoms with Gasteiger partial charge in [0.05, 0.1) is 17.2 Å². The van der Waals surface area contributed by atoms with Gasteiger partial charge in [-0.2, -0.15) is 0 Å². The predicted octanol–water partition coefficient (Wildman–Crippen LogP) is 4.37. The zero-order valence-electron chi connectivity index (χ0n) is 21.8. The van der Waals surface area contributed by atoms with E-state index in [0.29, 0.717) is 35.6 Å². The molecule has 0 saturated carbocycles. The van der Waals surface area contributed by atoms with Crippen LogP contribution in [0.5, 0.6) is 0 Å². The third kappa shape index (κ3) is 6.45. The van der Waals surface area contributed by atoms with E-state index in [1.54, 1.807) is 53.4 Å². The van der Waals surface area contributed by atoms with Gasteiger partial charge in [0.1, 0.15) is 0 Å². The molecule has 1 aliphatic rings. The predicted molar refractivity (Wildman–Crippen MR) is 147 cm³/mol. The number of hydrogen-bond acceptors (Lipinski definition) is 4. The number of aryl methyl sites for hydroxylation is 1. The molecule has 3 aromatic carbocycles. The summed E-state index contributed by atoms with van der Waals surface area (Å²) in [6.45, 7) is 6.64. The number of nitrogens with zero attached hydrogens (tertiary/aromatic N) is 1. The van der Waals surface area contributed by atoms with Crippen LogP contribution in [0.2, 0.25) is 0 Å². The van der Waals surface area contributed by atoms with Crippen LogP contribution in [0.1, 0.15) is 52.1 Å². The van der Waals surface area contributed by atoms with Crippen LogP contribution >= 0.6 is 0 Å². The van der Waals surface area contributed by atoms with Gasteiger partial charge in [-0.05, 0) is 62.7 Å². The summed E-state index contributed by atoms with van der Waals surface area (Å²) in [6, 6.07) is 21.3. The molecule has 1 saturated heterocycles. The molecule has 0 aliphatic carbocycles. The Hall–Kier alpha value is -4.46. The molecule has 0 spiro atoms. The van der Waals surface area contributed by atoms with Crippen molar-refractivity contribution in [3.8, 4) is 0 Å². The second kappa shape index (κ2) is 11.7. The Morgan fingerprint density at radius 3 is 2.24 bits per heavy atom. The fraction of sp³-hybridized carbons (Fsp3) is 0.267. The van der Waals surface area contributed by atoms with Gasteiger partial charge >= 0.3 is 0 Å². The molecule has 38 heavy (non-hydrogen) atoms. The molecule has 1 atom stereocenters. The van der Waals surface area contributed by atoms with Crippen LogP contribution in [0, 0.1) is 12.8 Å². The molecule has 1 unspecified atom stereocenters. The van der Waals surface area contributed by atoms with Crippen molar-refractivity contribution in [3.05, 3.63) is 95.1 Å². The average molecular weight is 513 g/mol. The fourth-order valence-electron chi connectivity index (χ4n) is 4.32. The number of amides is 4. The lowest BCUT2D eigenvalue weighted by Gasteiger charge is -2.20. The summed E-state index contributed by atoms with van der Waals surface area (Å²) >= 11 is 0. The monoisotopic (exact) mass is 512 g/mol. The molecule has 8 nitrogen and oxygen atoms in total. The van der Waals surface area contributed by atoms with E-state index in [1.807, 2.05) is 45.0 Å². The Kier molecular flexibility index (Phi) is 8.21. The maximum atomic E-state index is 12.9. The Morgan fingerprint density at radius 2 is 1.58 bits per heavy atom. The zero-order chi connectivity index (χ0) is 27.2. The highest BCUT2D eigenvalue weighted by atomic mass is 16.2. The first-order chi connectivity index (χ1) is 18.2. The molecular weight excluding hydrogens is 480 g/mol. The number of nitrogens with one attached hydrogen (secondary N) is 3. The van der Waals surface area contributed by atoms with Gasteiger partial charge in [-0.3, -0.25) is 19.2 Å². The summed E-state index contributed by atoms with van der Waals surface area (Å²) in [5.74, 6) is -1.31. The standard InChI is InChI=1S/C30H32N4O4/c1-19(2)34-18-23(16-27(34)35)29(37)32-24-14-12-22(13-15-24)28(36)33-26-7-5-4-6-25(26)30(38)31-17-21-10-8-20(3)9-11-21/h4-15,19,23H,16-18H2,1-3H3,(H,31,38)(H,32,37)(H,33,36). The highest BCUT2D eigenvalue weighted by Gasteiger charge is 2.35. The summed E-state index contributed by atoms with van der Waals surface area (Å²) in [7, 11) is 0. The van der Waals surface area contributed by atoms with Crippen LogP contribution < -0.4 is 16.0 Å². The SMILES string of the molecule is Cc1ccc(CNC(=O)c2ccccc2NC(=O)c2ccc(NC(=O)C3CC(=O)N(C(C)C)C3)cc2)cc1. The van der Waals surface area contributed by atoms with E-state index in [2.05, 4.69) is 16.0 Å². The lowest BCUT2D eigenvalue weighted by atomic mass is 10.1. The first-order valence-corrected chi connectivity index (χ1v) is 12.7. The fourth-order valence-corrected chi connectivity index (χ4v) is 4.32. The van der Waals surface area contributed by atoms with Gasteiger partial charge in [0.15, 0.2) is 0 Å². The van der Waals surface area contributed by atoms with Crippen molar-refractivity contribution in [2.24, 2.45) is 5.92 Å². The topological polar surface area (TPSA) is 108 Å². The second-order valence-corrected chi connectivity index (χ2v) is 9.78. The average Bonchev–Trinajstić information content (AvgIpc) is 3.31. The summed E-state index contributed by atoms with van der Waals surface area (Å²) < 4.78 is 0. The van der Waals surface area contributed by atoms with Crippen molar-refractivity contribution < 1.29 is 19.2 Å². The van der Waals surface area contributed by atoms with Gasteiger partial charge in [0, 0.05) is 36.8 Å². The number of para-hydroxylation sites is 1. The minimum absolute atomic E-state index is 0.0173. The number of benzene rings is 3. The Balaban J connectivity index is 1.35. The number of carbonyl (C=O) groups is 4. The molecule has 4 amide bonds. The molecule has 196 valence electrons. The molecule has 1 fully saturated rings. The molecule has 0 radical (unpaired) electrons. The van der Waals surface area contributed by atoms with Crippen molar-refractivity contribution in [2.45, 2.75) is 39.8 Å². The quantitative estimate of drug-likeness (QED) is 0.417. The lowest BCUT2D eigenvalue weighted by molar-refractivity contribution is -0.129. The van der Waals surface area contributed by atoms with Gasteiger partial charge in [-0.1, -0.05) is 42.0 Å². The van der Waals surface area contributed by atoms with Crippen LogP contribution in [-0.4, -0.2) is 41.1 Å². The van der Waals surface area contributed by atoms with E-state index in [4.69, 9.17) is 0 Å². The van der Waals surface area contributed by atoms with Gasteiger partial charge < -0.3 is 20.9 Å². The number of anilines is 2. The van der Waals surface area contributed by atoms with Crippen molar-refractivity contribution >= 4 is 35.0 Å². The summed E-state index contributed by atoms with van der Waals surface area (Å²) in [4.78, 5) is 52.2. The highest BCUT2D eigenvalue weighted by molar-refractivity contribution is 6.09. The Bertz CT molecular complexity index is 1330. The minimum Gasteiger partial charge on any atom is -0.348 e. The number of carbonyl (C=O) groups excluding carboxylic acids is 4. The largest absolute Gasteiger partial charge is 0.348 e. The van der Waals surface area contributed by atoms with Crippen molar-refractivity contribution in [2.75, 3.05) is 17.2 Å². The number of hydrogen-bond donors (Lipinski definition) is 3. The Labute approximate surface area is 222 Å². The van der Waals surface area contributed by atoms with Crippen LogP contribution in [-0.2, 0) is 16.1 Å². The number of rotatable bonds is 8. The lowest BCUT2D eigenvalue weighted by Crippen LogP contribution is -2.33. The molecule has 1 heterocycles. The Morgan fingerprint density at radius 1 is 0.895 bits per heavy atom. The van der Waals surface area contributed by atoms with Gasteiger partial charge in [-0.15, -0.1) is 0 Å². The molecule has 1 aliphatic heterocycles. The van der Waals surface area contributed by atoms with Crippen molar-refractivity contribution in [3.63, 3.8) is 0 Å². The summed E-state index contributed by atoms with van der Waals surface area (Å²) in [5, 5.41) is 8.53. The van der Waals surface area contributed by atoms with Crippen LogP contribution in [0.15, 0.2) is 72.8 Å². The maximum Gasteiger partial charge on any atom is 0.255 e. The van der Waals surface area contributed by atoms with Crippen LogP contribution in [0.25, 0.3) is 0 Å². The van der Waals surface area contributed by atoms with E-state index < -0.39 is 5.92 Å². The maximum absolute atomic E-state index is 12.9. The molecule has 0 bridgehead atoms. The van der Waals surface area contributed by atoms with Crippen LogP contribution in [0.4, 0.5) is 11.4 Å². The van der Waals surface area contributed by atoms with Crippen molar-refractivity contribution in [1.29, 1.82) is 0 Å². The smallest absolute Gasteiger partial charge is 0.255 e. The molecule has 3 aromatic rings. The third-order valence-corrected chi connectivity index (χ3v) is 6.56. The minimum atomic E-state index is -0.401. The van der Waals surface area contributed by atoms with Gasteiger partial charge in [0.25, 0.3) is 11.8 Å². The number of likely N-dealkylation sites (tertiary alicyclic amines) is 1. The van der Waals surface area contributed by atoms with E-state index in [-0.39, 0.29) is 36.1 Å². The third-order valence-electron chi connectivity index (χ3n) is 6.56. The van der Waals surface area contributed by atoms with Gasteiger partial charge in [-0.25, -0.2) is 0 Å².